The first-order valence-corrected chi connectivity index (χ1v) is 17.7. The number of hydrogen-bond donors (Lipinski definition) is 3. The van der Waals surface area contributed by atoms with Crippen LogP contribution in [-0.4, -0.2) is 70.3 Å². The summed E-state index contributed by atoms with van der Waals surface area (Å²) in [7, 11) is -6.61. The number of nitrogens with zero attached hydrogens (tertiary/aromatic N) is 4. The third kappa shape index (κ3) is 7.97. The minimum Gasteiger partial charge on any atom is -0.497 e. The fraction of sp³-hybridized carbons (Fsp3) is 0.147. The van der Waals surface area contributed by atoms with E-state index in [0.717, 1.165) is 33.4 Å². The molecule has 2 aromatic heterocycles. The van der Waals surface area contributed by atoms with Gasteiger partial charge in [-0.3, -0.25) is 14.2 Å². The van der Waals surface area contributed by atoms with E-state index in [1.54, 1.807) is 37.6 Å². The minimum atomic E-state index is -4.19. The molecule has 254 valence electrons. The molecular formula is C34H33N5O8S2. The van der Waals surface area contributed by atoms with Crippen LogP contribution < -0.4 is 4.74 Å². The number of aryl methyl sites for hydroxylation is 2. The Labute approximate surface area is 283 Å². The van der Waals surface area contributed by atoms with E-state index < -0.39 is 26.2 Å². The summed E-state index contributed by atoms with van der Waals surface area (Å²) < 4.78 is 63.3. The van der Waals surface area contributed by atoms with Gasteiger partial charge in [-0.2, -0.15) is 13.5 Å². The van der Waals surface area contributed by atoms with Gasteiger partial charge in [-0.05, 0) is 80.4 Å². The summed E-state index contributed by atoms with van der Waals surface area (Å²) in [5.74, 6) is 1.33. The number of imidazole rings is 1. The van der Waals surface area contributed by atoms with Gasteiger partial charge >= 0.3 is 6.09 Å². The number of methoxy groups -OCH3 is 1. The second-order valence-corrected chi connectivity index (χ2v) is 14.2. The highest BCUT2D eigenvalue weighted by Gasteiger charge is 2.28. The third-order valence-electron chi connectivity index (χ3n) is 7.53. The van der Waals surface area contributed by atoms with Crippen LogP contribution in [0.2, 0.25) is 0 Å². The largest absolute Gasteiger partial charge is 0.497 e. The number of aromatic amines is 1. The average Bonchev–Trinajstić information content (AvgIpc) is 3.73. The molecule has 0 saturated carbocycles. The number of aromatic nitrogens is 4. The zero-order chi connectivity index (χ0) is 35.3. The van der Waals surface area contributed by atoms with Crippen molar-refractivity contribution in [1.29, 1.82) is 0 Å². The maximum Gasteiger partial charge on any atom is 0.421 e. The van der Waals surface area contributed by atoms with E-state index >= 15 is 0 Å². The summed E-state index contributed by atoms with van der Waals surface area (Å²) >= 11 is 0. The fourth-order valence-corrected chi connectivity index (χ4v) is 6.67. The standard InChI is InChI=1S/C27H25N5O5S.C7H8O3S/c1-18-3-10-22(11-4-18)38(35,36)31(27(33)34)16-14-19-5-7-20(8-6-19)32-25-12-9-21(37-2)17-24(25)29-26(32)23-13-15-28-30-23;1-6-2-4-7(5-3-6)11(8,9)10/h3-13,15,17H,14,16H2,1-2H3,(H,28,30)(H,33,34);2-5H,1H3,(H,8,9,10). The molecule has 0 radical (unpaired) electrons. The Morgan fingerprint density at radius 2 is 1.47 bits per heavy atom. The van der Waals surface area contributed by atoms with Crippen molar-refractivity contribution < 1.29 is 36.0 Å². The molecule has 13 nitrogen and oxygen atoms in total. The molecule has 6 aromatic rings. The molecule has 0 fully saturated rings. The van der Waals surface area contributed by atoms with Crippen molar-refractivity contribution in [3.05, 3.63) is 120 Å². The smallest absolute Gasteiger partial charge is 0.421 e. The summed E-state index contributed by atoms with van der Waals surface area (Å²) in [5, 5.41) is 16.8. The number of H-pyrrole nitrogens is 1. The van der Waals surface area contributed by atoms with Crippen molar-refractivity contribution >= 4 is 37.3 Å². The van der Waals surface area contributed by atoms with Crippen molar-refractivity contribution in [2.45, 2.75) is 30.1 Å². The number of nitrogens with one attached hydrogen (secondary N) is 1. The van der Waals surface area contributed by atoms with Gasteiger partial charge in [0.1, 0.15) is 11.4 Å². The van der Waals surface area contributed by atoms with Crippen molar-refractivity contribution in [3.8, 4) is 23.0 Å². The maximum absolute atomic E-state index is 13.0. The first kappa shape index (κ1) is 34.8. The predicted molar refractivity (Wildman–Crippen MR) is 183 cm³/mol. The lowest BCUT2D eigenvalue weighted by atomic mass is 10.1. The molecule has 0 spiro atoms. The molecule has 0 aliphatic heterocycles. The molecule has 0 aliphatic carbocycles. The number of rotatable bonds is 9. The van der Waals surface area contributed by atoms with Crippen LogP contribution in [0, 0.1) is 13.8 Å². The van der Waals surface area contributed by atoms with Gasteiger partial charge in [0, 0.05) is 24.5 Å². The zero-order valence-electron chi connectivity index (χ0n) is 26.7. The monoisotopic (exact) mass is 703 g/mol. The van der Waals surface area contributed by atoms with Crippen molar-refractivity contribution in [1.82, 2.24) is 24.1 Å². The molecule has 0 saturated heterocycles. The fourth-order valence-electron chi connectivity index (χ4n) is 4.91. The SMILES string of the molecule is COc1ccc2c(c1)nc(-c1cc[nH]n1)n2-c1ccc(CCN(C(=O)O)S(=O)(=O)c2ccc(C)cc2)cc1.Cc1ccc(S(=O)(=O)O)cc1. The lowest BCUT2D eigenvalue weighted by Gasteiger charge is -2.19. The second kappa shape index (κ2) is 14.3. The highest BCUT2D eigenvalue weighted by Crippen LogP contribution is 2.30. The van der Waals surface area contributed by atoms with Crippen LogP contribution in [-0.2, 0) is 26.6 Å². The quantitative estimate of drug-likeness (QED) is 0.154. The second-order valence-electron chi connectivity index (χ2n) is 11.0. The highest BCUT2D eigenvalue weighted by atomic mass is 32.2. The third-order valence-corrected chi connectivity index (χ3v) is 10.2. The lowest BCUT2D eigenvalue weighted by Crippen LogP contribution is -2.37. The van der Waals surface area contributed by atoms with Gasteiger partial charge < -0.3 is 9.84 Å². The van der Waals surface area contributed by atoms with Gasteiger partial charge in [0.2, 0.25) is 0 Å². The lowest BCUT2D eigenvalue weighted by molar-refractivity contribution is 0.172. The van der Waals surface area contributed by atoms with Crippen molar-refractivity contribution in [3.63, 3.8) is 0 Å². The molecule has 49 heavy (non-hydrogen) atoms. The Morgan fingerprint density at radius 3 is 2.00 bits per heavy atom. The van der Waals surface area contributed by atoms with Gasteiger partial charge in [0.15, 0.2) is 5.82 Å². The normalized spacial score (nSPS) is 11.5. The van der Waals surface area contributed by atoms with Crippen LogP contribution in [0.25, 0.3) is 28.2 Å². The number of sulfonamides is 1. The van der Waals surface area contributed by atoms with E-state index in [1.165, 1.54) is 24.3 Å². The maximum atomic E-state index is 13.0. The first-order valence-electron chi connectivity index (χ1n) is 14.8. The number of carboxylic acid groups (broad SMARTS) is 1. The molecule has 0 bridgehead atoms. The van der Waals surface area contributed by atoms with Crippen LogP contribution in [0.15, 0.2) is 113 Å². The number of carbonyl (C=O) groups is 1. The Balaban J connectivity index is 0.000000363. The number of amides is 1. The van der Waals surface area contributed by atoms with E-state index in [0.29, 0.717) is 21.6 Å². The van der Waals surface area contributed by atoms with Crippen LogP contribution in [0.3, 0.4) is 0 Å². The number of ether oxygens (including phenoxy) is 1. The molecule has 0 unspecified atom stereocenters. The Hall–Kier alpha value is -5.51. The van der Waals surface area contributed by atoms with E-state index in [9.17, 15) is 26.7 Å². The first-order chi connectivity index (χ1) is 23.3. The van der Waals surface area contributed by atoms with Gasteiger partial charge in [0.05, 0.1) is 27.9 Å². The number of fused-ring (bicyclic) bond motifs is 1. The van der Waals surface area contributed by atoms with Gasteiger partial charge in [-0.25, -0.2) is 22.5 Å². The molecule has 15 heteroatoms. The molecule has 6 rings (SSSR count). The molecule has 0 atom stereocenters. The Kier molecular flexibility index (Phi) is 10.2. The molecular weight excluding hydrogens is 671 g/mol. The predicted octanol–water partition coefficient (Wildman–Crippen LogP) is 5.89. The van der Waals surface area contributed by atoms with Gasteiger partial charge in [-0.1, -0.05) is 47.5 Å². The summed E-state index contributed by atoms with van der Waals surface area (Å²) in [6, 6.07) is 27.0. The van der Waals surface area contributed by atoms with Crippen LogP contribution in [0.4, 0.5) is 4.79 Å². The summed E-state index contributed by atoms with van der Waals surface area (Å²) in [6.07, 6.45) is 0.416. The number of hydrogen-bond acceptors (Lipinski definition) is 8. The molecule has 4 aromatic carbocycles. The van der Waals surface area contributed by atoms with E-state index in [2.05, 4.69) is 10.2 Å². The van der Waals surface area contributed by atoms with Crippen LogP contribution in [0.5, 0.6) is 5.75 Å². The van der Waals surface area contributed by atoms with Crippen LogP contribution in [0.1, 0.15) is 16.7 Å². The highest BCUT2D eigenvalue weighted by molar-refractivity contribution is 7.89. The Bertz CT molecular complexity index is 2290. The van der Waals surface area contributed by atoms with Gasteiger partial charge in [0.25, 0.3) is 20.1 Å². The summed E-state index contributed by atoms with van der Waals surface area (Å²) in [5.41, 5.74) is 5.71. The van der Waals surface area contributed by atoms with E-state index in [4.69, 9.17) is 14.3 Å². The minimum absolute atomic E-state index is 0.0599. The van der Waals surface area contributed by atoms with Crippen molar-refractivity contribution in [2.24, 2.45) is 0 Å². The number of benzene rings is 4. The summed E-state index contributed by atoms with van der Waals surface area (Å²) in [6.45, 7) is 3.46. The van der Waals surface area contributed by atoms with E-state index in [-0.39, 0.29) is 22.8 Å². The van der Waals surface area contributed by atoms with Crippen LogP contribution >= 0.6 is 0 Å². The molecule has 2 heterocycles. The van der Waals surface area contributed by atoms with E-state index in [1.807, 2.05) is 66.9 Å². The molecule has 1 amide bonds. The zero-order valence-corrected chi connectivity index (χ0v) is 28.3. The topological polar surface area (TPSA) is 185 Å². The molecule has 3 N–H and O–H groups in total. The average molecular weight is 704 g/mol. The molecule has 0 aliphatic rings. The summed E-state index contributed by atoms with van der Waals surface area (Å²) in [4.78, 5) is 16.5. The van der Waals surface area contributed by atoms with Gasteiger partial charge in [-0.15, -0.1) is 0 Å². The van der Waals surface area contributed by atoms with Crippen molar-refractivity contribution in [2.75, 3.05) is 13.7 Å². The Morgan fingerprint density at radius 1 is 0.857 bits per heavy atom.